The topological polar surface area (TPSA) is 46.8 Å². The first-order chi connectivity index (χ1) is 13.8. The molecule has 1 aromatic carbocycles. The molecule has 1 atom stereocenters. The maximum atomic E-state index is 5.81. The zero-order chi connectivity index (χ0) is 21.1. The summed E-state index contributed by atoms with van der Waals surface area (Å²) in [6.45, 7) is 15.9. The molecule has 31 heavy (non-hydrogen) atoms. The van der Waals surface area contributed by atoms with Gasteiger partial charge in [-0.25, -0.2) is 9.98 Å². The van der Waals surface area contributed by atoms with Gasteiger partial charge in [-0.2, -0.15) is 0 Å². The van der Waals surface area contributed by atoms with Gasteiger partial charge in [-0.1, -0.05) is 65.8 Å². The monoisotopic (exact) mass is 465 g/mol. The van der Waals surface area contributed by atoms with Gasteiger partial charge >= 0.3 is 0 Å². The summed E-state index contributed by atoms with van der Waals surface area (Å²) >= 11 is 0. The van der Waals surface area contributed by atoms with Gasteiger partial charge < -0.3 is 12.2 Å². The molecular formula is C26H36CoN3O-. The molecule has 1 radical (unpaired) electrons. The average Bonchev–Trinajstić information content (AvgIpc) is 3.18. The van der Waals surface area contributed by atoms with Gasteiger partial charge in [0.15, 0.2) is 0 Å². The van der Waals surface area contributed by atoms with Gasteiger partial charge in [0.2, 0.25) is 5.90 Å². The van der Waals surface area contributed by atoms with Gasteiger partial charge in [0.05, 0.1) is 23.1 Å². The van der Waals surface area contributed by atoms with Crippen molar-refractivity contribution in [3.05, 3.63) is 66.3 Å². The third-order valence-corrected chi connectivity index (χ3v) is 5.40. The fourth-order valence-electron chi connectivity index (χ4n) is 3.49. The van der Waals surface area contributed by atoms with Crippen molar-refractivity contribution in [2.24, 2.45) is 15.9 Å². The van der Waals surface area contributed by atoms with Crippen LogP contribution in [0.25, 0.3) is 0 Å². The second-order valence-electron chi connectivity index (χ2n) is 8.76. The van der Waals surface area contributed by atoms with E-state index in [9.17, 15) is 0 Å². The van der Waals surface area contributed by atoms with Gasteiger partial charge in [0, 0.05) is 16.8 Å². The molecule has 0 spiro atoms. The van der Waals surface area contributed by atoms with E-state index in [1.807, 2.05) is 25.1 Å². The number of aliphatic imine (C=N–C) groups is 2. The third kappa shape index (κ3) is 6.27. The molecule has 2 aromatic rings. The fourth-order valence-corrected chi connectivity index (χ4v) is 3.49. The predicted octanol–water partition coefficient (Wildman–Crippen LogP) is 6.72. The molecule has 171 valence electrons. The van der Waals surface area contributed by atoms with Crippen LogP contribution in [0.3, 0.4) is 0 Å². The van der Waals surface area contributed by atoms with Crippen molar-refractivity contribution in [2.75, 3.05) is 6.61 Å². The molecule has 1 aliphatic heterocycles. The van der Waals surface area contributed by atoms with Crippen LogP contribution in [-0.4, -0.2) is 29.2 Å². The Morgan fingerprint density at radius 1 is 0.968 bits per heavy atom. The molecule has 2 heterocycles. The Balaban J connectivity index is 0.00000240. The minimum absolute atomic E-state index is 0. The molecule has 1 aromatic heterocycles. The Kier molecular flexibility index (Phi) is 10.1. The van der Waals surface area contributed by atoms with Crippen LogP contribution in [0, 0.1) is 13.3 Å². The van der Waals surface area contributed by atoms with Gasteiger partial charge in [0.25, 0.3) is 0 Å². The number of nitrogens with zero attached hydrogens (tertiary/aromatic N) is 3. The Hall–Kier alpha value is -1.98. The van der Waals surface area contributed by atoms with E-state index in [1.54, 1.807) is 0 Å². The number of hydrogen-bond acceptors (Lipinski definition) is 4. The molecule has 0 aliphatic carbocycles. The normalized spacial score (nSPS) is 16.1. The Morgan fingerprint density at radius 2 is 1.55 bits per heavy atom. The van der Waals surface area contributed by atoms with E-state index in [-0.39, 0.29) is 30.2 Å². The number of rotatable bonds is 6. The van der Waals surface area contributed by atoms with E-state index < -0.39 is 0 Å². The third-order valence-electron chi connectivity index (χ3n) is 5.40. The summed E-state index contributed by atoms with van der Waals surface area (Å²) in [7, 11) is 0. The van der Waals surface area contributed by atoms with Crippen molar-refractivity contribution in [3.63, 3.8) is 0 Å². The van der Waals surface area contributed by atoms with Crippen molar-refractivity contribution < 1.29 is 21.5 Å². The van der Waals surface area contributed by atoms with Crippen LogP contribution in [0.4, 0.5) is 5.69 Å². The summed E-state index contributed by atoms with van der Waals surface area (Å²) in [5, 5.41) is 0. The molecule has 3 rings (SSSR count). The van der Waals surface area contributed by atoms with Crippen LogP contribution >= 0.6 is 0 Å². The minimum Gasteiger partial charge on any atom is -0.474 e. The number of hydrogen-bond donors (Lipinski definition) is 0. The predicted molar refractivity (Wildman–Crippen MR) is 128 cm³/mol. The quantitative estimate of drug-likeness (QED) is 0.351. The average molecular weight is 466 g/mol. The summed E-state index contributed by atoms with van der Waals surface area (Å²) in [5.74, 6) is 1.92. The molecule has 1 aliphatic rings. The number of pyridine rings is 1. The van der Waals surface area contributed by atoms with Gasteiger partial charge in [-0.15, -0.1) is 0 Å². The molecule has 0 bridgehead atoms. The second-order valence-corrected chi connectivity index (χ2v) is 8.76. The first-order valence-corrected chi connectivity index (χ1v) is 10.6. The molecule has 0 N–H and O–H groups in total. The van der Waals surface area contributed by atoms with Gasteiger partial charge in [0.1, 0.15) is 12.3 Å². The van der Waals surface area contributed by atoms with E-state index in [1.165, 1.54) is 11.1 Å². The summed E-state index contributed by atoms with van der Waals surface area (Å²) in [4.78, 5) is 14.6. The van der Waals surface area contributed by atoms with Crippen LogP contribution in [0.1, 0.15) is 82.8 Å². The van der Waals surface area contributed by atoms with Crippen molar-refractivity contribution in [3.8, 4) is 0 Å². The Labute approximate surface area is 198 Å². The summed E-state index contributed by atoms with van der Waals surface area (Å²) < 4.78 is 5.81. The minimum atomic E-state index is 0. The smallest absolute Gasteiger partial charge is 0.235 e. The van der Waals surface area contributed by atoms with E-state index >= 15 is 0 Å². The van der Waals surface area contributed by atoms with Crippen LogP contribution < -0.4 is 0 Å². The largest absolute Gasteiger partial charge is 0.474 e. The zero-order valence-electron chi connectivity index (χ0n) is 20.1. The van der Waals surface area contributed by atoms with Crippen LogP contribution in [0.15, 0.2) is 46.4 Å². The van der Waals surface area contributed by atoms with Crippen LogP contribution in [-0.2, 0) is 21.5 Å². The van der Waals surface area contributed by atoms with Crippen molar-refractivity contribution in [2.45, 2.75) is 66.3 Å². The standard InChI is InChI=1S/C25H33N3O.CH3.Co/c1-15(2)19-10-8-11-20(16(3)4)24(19)26-18(7)21-12-9-13-22(27-21)25-28-23(14-29-25)17(5)6;;/h8-13,15-17,23H,14H2,1-7H3;1H3;/q;-1;/t23-;;/m1../s1. The van der Waals surface area contributed by atoms with E-state index in [2.05, 4.69) is 59.7 Å². The Morgan fingerprint density at radius 3 is 2.06 bits per heavy atom. The zero-order valence-corrected chi connectivity index (χ0v) is 21.1. The maximum absolute atomic E-state index is 5.81. The van der Waals surface area contributed by atoms with Gasteiger partial charge in [-0.05, 0) is 47.9 Å². The molecule has 0 fully saturated rings. The van der Waals surface area contributed by atoms with E-state index in [0.717, 1.165) is 22.8 Å². The fraction of sp³-hybridized carbons (Fsp3) is 0.462. The molecule has 0 amide bonds. The van der Waals surface area contributed by atoms with Crippen molar-refractivity contribution in [1.29, 1.82) is 0 Å². The maximum Gasteiger partial charge on any atom is 0.235 e. The molecule has 0 unspecified atom stereocenters. The molecule has 0 saturated carbocycles. The second kappa shape index (κ2) is 11.6. The van der Waals surface area contributed by atoms with Crippen molar-refractivity contribution >= 4 is 17.3 Å². The summed E-state index contributed by atoms with van der Waals surface area (Å²) in [6.07, 6.45) is 0. The molecule has 4 nitrogen and oxygen atoms in total. The molecule has 5 heteroatoms. The van der Waals surface area contributed by atoms with E-state index in [0.29, 0.717) is 30.3 Å². The number of para-hydroxylation sites is 1. The number of benzene rings is 1. The number of aromatic nitrogens is 1. The number of ether oxygens (including phenoxy) is 1. The van der Waals surface area contributed by atoms with Crippen LogP contribution in [0.5, 0.6) is 0 Å². The molecular weight excluding hydrogens is 429 g/mol. The summed E-state index contributed by atoms with van der Waals surface area (Å²) in [5.41, 5.74) is 6.17. The SMILES string of the molecule is CC(=Nc1c(C(C)C)cccc1C(C)C)c1cccc(C2=N[C@@H](C(C)C)CO2)n1.[CH3-].[Co]. The first kappa shape index (κ1) is 27.1. The summed E-state index contributed by atoms with van der Waals surface area (Å²) in [6, 6.07) is 12.7. The van der Waals surface area contributed by atoms with Crippen molar-refractivity contribution in [1.82, 2.24) is 4.98 Å². The van der Waals surface area contributed by atoms with Crippen LogP contribution in [0.2, 0.25) is 0 Å². The van der Waals surface area contributed by atoms with Gasteiger partial charge in [-0.3, -0.25) is 4.99 Å². The van der Waals surface area contributed by atoms with E-state index in [4.69, 9.17) is 19.7 Å². The molecule has 0 saturated heterocycles. The Bertz CT molecular complexity index is 906. The first-order valence-electron chi connectivity index (χ1n) is 10.6.